The van der Waals surface area contributed by atoms with Gasteiger partial charge in [0.1, 0.15) is 17.1 Å². The van der Waals surface area contributed by atoms with E-state index in [1.165, 1.54) is 36.4 Å². The number of aromatic hydroxyl groups is 1. The van der Waals surface area contributed by atoms with Gasteiger partial charge in [-0.15, -0.1) is 13.2 Å². The molecular weight excluding hydrogens is 347 g/mol. The van der Waals surface area contributed by atoms with E-state index in [0.29, 0.717) is 24.2 Å². The lowest BCUT2D eigenvalue weighted by molar-refractivity contribution is -0.274. The number of rotatable bonds is 4. The van der Waals surface area contributed by atoms with E-state index in [4.69, 9.17) is 0 Å². The molecule has 0 saturated carbocycles. The van der Waals surface area contributed by atoms with Crippen LogP contribution in [0, 0.1) is 5.41 Å². The number of phenolic OH excluding ortho intramolecular Hbond substituents is 1. The third kappa shape index (κ3) is 3.24. The number of likely N-dealkylation sites (tertiary alicyclic amines) is 1. The van der Waals surface area contributed by atoms with Crippen molar-refractivity contribution < 1.29 is 28.1 Å². The summed E-state index contributed by atoms with van der Waals surface area (Å²) < 4.78 is 41.0. The summed E-state index contributed by atoms with van der Waals surface area (Å²) in [7, 11) is 1.93. The number of benzene rings is 2. The summed E-state index contributed by atoms with van der Waals surface area (Å²) in [5.74, 6) is -0.272. The molecule has 4 nitrogen and oxygen atoms in total. The molecule has 3 rings (SSSR count). The van der Waals surface area contributed by atoms with E-state index in [9.17, 15) is 23.4 Å². The van der Waals surface area contributed by atoms with E-state index in [2.05, 4.69) is 4.74 Å². The molecule has 1 atom stereocenters. The molecule has 7 heteroatoms. The molecule has 1 fully saturated rings. The molecule has 26 heavy (non-hydrogen) atoms. The lowest BCUT2D eigenvalue weighted by atomic mass is 9.62. The van der Waals surface area contributed by atoms with Gasteiger partial charge < -0.3 is 19.8 Å². The van der Waals surface area contributed by atoms with Crippen LogP contribution in [-0.4, -0.2) is 41.6 Å². The van der Waals surface area contributed by atoms with Crippen LogP contribution in [-0.2, 0) is 5.60 Å². The first kappa shape index (κ1) is 18.5. The highest BCUT2D eigenvalue weighted by atomic mass is 19.4. The minimum Gasteiger partial charge on any atom is -0.508 e. The average Bonchev–Trinajstić information content (AvgIpc) is 2.52. The number of hydrogen-bond acceptors (Lipinski definition) is 4. The number of halogens is 3. The molecular formula is C19H20F3NO3. The van der Waals surface area contributed by atoms with Gasteiger partial charge >= 0.3 is 6.36 Å². The van der Waals surface area contributed by atoms with Gasteiger partial charge in [0.05, 0.1) is 0 Å². The van der Waals surface area contributed by atoms with Crippen molar-refractivity contribution in [2.24, 2.45) is 5.41 Å². The molecule has 140 valence electrons. The Balaban J connectivity index is 2.03. The fraction of sp³-hybridized carbons (Fsp3) is 0.368. The van der Waals surface area contributed by atoms with Gasteiger partial charge in [0.25, 0.3) is 0 Å². The lowest BCUT2D eigenvalue weighted by Crippen LogP contribution is -2.63. The minimum atomic E-state index is -4.77. The van der Waals surface area contributed by atoms with Crippen LogP contribution < -0.4 is 4.74 Å². The minimum absolute atomic E-state index is 0.0703. The Morgan fingerprint density at radius 3 is 1.85 bits per heavy atom. The summed E-state index contributed by atoms with van der Waals surface area (Å²) in [6.07, 6.45) is -4.77. The number of nitrogens with zero attached hydrogens (tertiary/aromatic N) is 1. The third-order valence-electron chi connectivity index (χ3n) is 4.90. The van der Waals surface area contributed by atoms with Gasteiger partial charge in [-0.1, -0.05) is 31.2 Å². The van der Waals surface area contributed by atoms with Crippen molar-refractivity contribution in [2.45, 2.75) is 18.9 Å². The Labute approximate surface area is 149 Å². The zero-order valence-corrected chi connectivity index (χ0v) is 14.4. The highest BCUT2D eigenvalue weighted by molar-refractivity contribution is 5.43. The van der Waals surface area contributed by atoms with Crippen molar-refractivity contribution in [1.29, 1.82) is 0 Å². The molecule has 0 amide bonds. The number of ether oxygens (including phenoxy) is 1. The molecule has 1 heterocycles. The maximum atomic E-state index is 12.4. The standard InChI is InChI=1S/C19H20F3NO3/c1-17(11-23(2)12-17)18(25,13-3-7-15(24)8-4-13)14-5-9-16(10-6-14)26-19(20,21)22/h3-10,24-25H,11-12H2,1-2H3. The summed E-state index contributed by atoms with van der Waals surface area (Å²) >= 11 is 0. The largest absolute Gasteiger partial charge is 0.573 e. The molecule has 0 radical (unpaired) electrons. The van der Waals surface area contributed by atoms with Gasteiger partial charge in [0, 0.05) is 18.5 Å². The van der Waals surface area contributed by atoms with Gasteiger partial charge in [-0.05, 0) is 42.4 Å². The fourth-order valence-electron chi connectivity index (χ4n) is 3.84. The zero-order chi connectivity index (χ0) is 19.2. The van der Waals surface area contributed by atoms with Crippen molar-refractivity contribution in [2.75, 3.05) is 20.1 Å². The lowest BCUT2D eigenvalue weighted by Gasteiger charge is -2.56. The second kappa shape index (κ2) is 6.17. The number of aliphatic hydroxyl groups is 1. The van der Waals surface area contributed by atoms with Crippen molar-refractivity contribution >= 4 is 0 Å². The highest BCUT2D eigenvalue weighted by Crippen LogP contribution is 2.50. The van der Waals surface area contributed by atoms with Gasteiger partial charge in [-0.3, -0.25) is 0 Å². The molecule has 0 spiro atoms. The van der Waals surface area contributed by atoms with Crippen molar-refractivity contribution in [3.63, 3.8) is 0 Å². The van der Waals surface area contributed by atoms with Gasteiger partial charge in [0.2, 0.25) is 0 Å². The maximum Gasteiger partial charge on any atom is 0.573 e. The van der Waals surface area contributed by atoms with Crippen LogP contribution in [0.5, 0.6) is 11.5 Å². The van der Waals surface area contributed by atoms with E-state index in [-0.39, 0.29) is 11.5 Å². The summed E-state index contributed by atoms with van der Waals surface area (Å²) in [4.78, 5) is 2.05. The predicted octanol–water partition coefficient (Wildman–Crippen LogP) is 3.48. The van der Waals surface area contributed by atoms with Gasteiger partial charge in [-0.2, -0.15) is 0 Å². The SMILES string of the molecule is CN1CC(C)(C(O)(c2ccc(O)cc2)c2ccc(OC(F)(F)F)cc2)C1. The second-order valence-electron chi connectivity index (χ2n) is 7.06. The second-order valence-corrected chi connectivity index (χ2v) is 7.06. The first-order valence-electron chi connectivity index (χ1n) is 8.10. The maximum absolute atomic E-state index is 12.4. The molecule has 1 unspecified atom stereocenters. The third-order valence-corrected chi connectivity index (χ3v) is 4.90. The van der Waals surface area contributed by atoms with E-state index in [1.807, 2.05) is 18.9 Å². The Kier molecular flexibility index (Phi) is 4.40. The Morgan fingerprint density at radius 1 is 0.962 bits per heavy atom. The van der Waals surface area contributed by atoms with Crippen molar-refractivity contribution in [3.8, 4) is 11.5 Å². The van der Waals surface area contributed by atoms with Crippen LogP contribution >= 0.6 is 0 Å². The van der Waals surface area contributed by atoms with Crippen LogP contribution in [0.3, 0.4) is 0 Å². The molecule has 1 aliphatic rings. The normalized spacial score (nSPS) is 19.5. The van der Waals surface area contributed by atoms with E-state index in [1.54, 1.807) is 12.1 Å². The monoisotopic (exact) mass is 367 g/mol. The Morgan fingerprint density at radius 2 is 1.42 bits per heavy atom. The molecule has 2 aromatic rings. The topological polar surface area (TPSA) is 52.9 Å². The van der Waals surface area contributed by atoms with Gasteiger partial charge in [-0.25, -0.2) is 0 Å². The number of phenols is 1. The number of alkyl halides is 3. The first-order chi connectivity index (χ1) is 12.0. The van der Waals surface area contributed by atoms with E-state index in [0.717, 1.165) is 0 Å². The highest BCUT2D eigenvalue weighted by Gasteiger charge is 2.55. The van der Waals surface area contributed by atoms with E-state index < -0.39 is 17.4 Å². The molecule has 0 bridgehead atoms. The molecule has 0 aromatic heterocycles. The van der Waals surface area contributed by atoms with E-state index >= 15 is 0 Å². The summed E-state index contributed by atoms with van der Waals surface area (Å²) in [5, 5.41) is 21.2. The molecule has 0 aliphatic carbocycles. The smallest absolute Gasteiger partial charge is 0.508 e. The summed E-state index contributed by atoms with van der Waals surface area (Å²) in [6.45, 7) is 3.16. The zero-order valence-electron chi connectivity index (χ0n) is 14.4. The van der Waals surface area contributed by atoms with Crippen LogP contribution in [0.2, 0.25) is 0 Å². The van der Waals surface area contributed by atoms with Crippen molar-refractivity contribution in [1.82, 2.24) is 4.90 Å². The summed E-state index contributed by atoms with van der Waals surface area (Å²) in [5.41, 5.74) is -0.932. The average molecular weight is 367 g/mol. The van der Waals surface area contributed by atoms with Crippen LogP contribution in [0.1, 0.15) is 18.1 Å². The number of hydrogen-bond donors (Lipinski definition) is 2. The quantitative estimate of drug-likeness (QED) is 0.869. The fourth-order valence-corrected chi connectivity index (χ4v) is 3.84. The van der Waals surface area contributed by atoms with Crippen LogP contribution in [0.15, 0.2) is 48.5 Å². The Hall–Kier alpha value is -2.25. The van der Waals surface area contributed by atoms with Crippen LogP contribution in [0.4, 0.5) is 13.2 Å². The van der Waals surface area contributed by atoms with Crippen molar-refractivity contribution in [3.05, 3.63) is 59.7 Å². The molecule has 1 aliphatic heterocycles. The molecule has 2 aromatic carbocycles. The molecule has 2 N–H and O–H groups in total. The van der Waals surface area contributed by atoms with Gasteiger partial charge in [0.15, 0.2) is 0 Å². The first-order valence-corrected chi connectivity index (χ1v) is 8.10. The Bertz CT molecular complexity index is 768. The molecule has 1 saturated heterocycles. The summed E-state index contributed by atoms with van der Waals surface area (Å²) in [6, 6.07) is 11.5. The van der Waals surface area contributed by atoms with Crippen LogP contribution in [0.25, 0.3) is 0 Å². The predicted molar refractivity (Wildman–Crippen MR) is 89.8 cm³/mol.